The minimum atomic E-state index is -0.471. The lowest BCUT2D eigenvalue weighted by Crippen LogP contribution is -2.27. The first-order valence-corrected chi connectivity index (χ1v) is 5.16. The van der Waals surface area contributed by atoms with Crippen LogP contribution in [0.25, 0.3) is 0 Å². The predicted molar refractivity (Wildman–Crippen MR) is 55.2 cm³/mol. The molecule has 0 amide bonds. The van der Waals surface area contributed by atoms with Gasteiger partial charge in [0, 0.05) is 7.11 Å². The van der Waals surface area contributed by atoms with E-state index in [1.165, 1.54) is 7.11 Å². The molecule has 1 aliphatic heterocycles. The predicted octanol–water partition coefficient (Wildman–Crippen LogP) is 1.58. The third-order valence-corrected chi connectivity index (χ3v) is 2.80. The molecule has 4 heteroatoms. The first kappa shape index (κ1) is 12.5. The zero-order valence-corrected chi connectivity index (χ0v) is 10.1. The summed E-state index contributed by atoms with van der Waals surface area (Å²) in [7, 11) is 2.94. The van der Waals surface area contributed by atoms with Crippen molar-refractivity contribution in [1.82, 2.24) is 0 Å². The van der Waals surface area contributed by atoms with Crippen LogP contribution in [-0.4, -0.2) is 32.6 Å². The highest BCUT2D eigenvalue weighted by molar-refractivity contribution is 5.73. The highest BCUT2D eigenvalue weighted by Crippen LogP contribution is 2.37. The van der Waals surface area contributed by atoms with E-state index in [1.807, 2.05) is 0 Å². The number of methoxy groups -OCH3 is 2. The second-order valence-corrected chi connectivity index (χ2v) is 4.96. The monoisotopic (exact) mass is 216 g/mol. The van der Waals surface area contributed by atoms with Crippen molar-refractivity contribution in [3.05, 3.63) is 0 Å². The Hall–Kier alpha value is -0.610. The number of ether oxygens (including phenoxy) is 3. The molecule has 1 heterocycles. The van der Waals surface area contributed by atoms with Crippen molar-refractivity contribution in [3.63, 3.8) is 0 Å². The summed E-state index contributed by atoms with van der Waals surface area (Å²) in [6, 6.07) is 0. The molecule has 88 valence electrons. The smallest absolute Gasteiger partial charge is 0.313 e. The Morgan fingerprint density at radius 1 is 1.33 bits per heavy atom. The van der Waals surface area contributed by atoms with Gasteiger partial charge in [0.25, 0.3) is 0 Å². The van der Waals surface area contributed by atoms with Gasteiger partial charge < -0.3 is 14.2 Å². The van der Waals surface area contributed by atoms with Crippen molar-refractivity contribution < 1.29 is 19.0 Å². The van der Waals surface area contributed by atoms with Crippen molar-refractivity contribution in [2.75, 3.05) is 14.2 Å². The van der Waals surface area contributed by atoms with Gasteiger partial charge >= 0.3 is 5.97 Å². The maximum atomic E-state index is 11.5. The van der Waals surface area contributed by atoms with E-state index in [-0.39, 0.29) is 23.4 Å². The maximum absolute atomic E-state index is 11.5. The molecular weight excluding hydrogens is 196 g/mol. The molecule has 3 atom stereocenters. The molecule has 3 unspecified atom stereocenters. The number of hydrogen-bond donors (Lipinski definition) is 0. The Bertz CT molecular complexity index is 231. The molecule has 0 aliphatic carbocycles. The summed E-state index contributed by atoms with van der Waals surface area (Å²) in [5.41, 5.74) is 0.0134. The quantitative estimate of drug-likeness (QED) is 0.657. The SMILES string of the molecule is COC(=O)C1CC(C(C)(C)C)OC1OC. The second kappa shape index (κ2) is 4.49. The van der Waals surface area contributed by atoms with Gasteiger partial charge in [-0.2, -0.15) is 0 Å². The lowest BCUT2D eigenvalue weighted by molar-refractivity contribution is -0.170. The van der Waals surface area contributed by atoms with Crippen LogP contribution in [0.15, 0.2) is 0 Å². The molecule has 0 spiro atoms. The summed E-state index contributed by atoms with van der Waals surface area (Å²) in [6.45, 7) is 6.26. The average molecular weight is 216 g/mol. The summed E-state index contributed by atoms with van der Waals surface area (Å²) in [5.74, 6) is -0.558. The van der Waals surface area contributed by atoms with E-state index in [4.69, 9.17) is 14.2 Å². The van der Waals surface area contributed by atoms with Crippen LogP contribution in [0.5, 0.6) is 0 Å². The Balaban J connectivity index is 2.71. The fraction of sp³-hybridized carbons (Fsp3) is 0.909. The van der Waals surface area contributed by atoms with Gasteiger partial charge in [-0.15, -0.1) is 0 Å². The number of carbonyl (C=O) groups excluding carboxylic acids is 1. The summed E-state index contributed by atoms with van der Waals surface area (Å²) in [6.07, 6.45) is 0.225. The molecule has 0 saturated carbocycles. The molecule has 15 heavy (non-hydrogen) atoms. The maximum Gasteiger partial charge on any atom is 0.313 e. The van der Waals surface area contributed by atoms with Crippen LogP contribution in [0.1, 0.15) is 27.2 Å². The van der Waals surface area contributed by atoms with Crippen LogP contribution in [0.4, 0.5) is 0 Å². The van der Waals surface area contributed by atoms with Crippen LogP contribution >= 0.6 is 0 Å². The van der Waals surface area contributed by atoms with Crippen LogP contribution in [0.3, 0.4) is 0 Å². The first-order valence-electron chi connectivity index (χ1n) is 5.16. The number of carbonyl (C=O) groups is 1. The zero-order chi connectivity index (χ0) is 11.6. The first-order chi connectivity index (χ1) is 6.90. The Kier molecular flexibility index (Phi) is 3.73. The van der Waals surface area contributed by atoms with Gasteiger partial charge in [-0.1, -0.05) is 20.8 Å². The average Bonchev–Trinajstić information content (AvgIpc) is 2.59. The van der Waals surface area contributed by atoms with Crippen molar-refractivity contribution in [1.29, 1.82) is 0 Å². The highest BCUT2D eigenvalue weighted by Gasteiger charge is 2.44. The van der Waals surface area contributed by atoms with E-state index >= 15 is 0 Å². The number of rotatable bonds is 2. The minimum Gasteiger partial charge on any atom is -0.469 e. The van der Waals surface area contributed by atoms with Crippen molar-refractivity contribution >= 4 is 5.97 Å². The lowest BCUT2D eigenvalue weighted by Gasteiger charge is -2.26. The van der Waals surface area contributed by atoms with Gasteiger partial charge in [0.2, 0.25) is 0 Å². The molecule has 1 rings (SSSR count). The Morgan fingerprint density at radius 3 is 2.33 bits per heavy atom. The molecule has 1 saturated heterocycles. The van der Waals surface area contributed by atoms with Gasteiger partial charge in [0.1, 0.15) is 5.92 Å². The molecule has 1 fully saturated rings. The fourth-order valence-electron chi connectivity index (χ4n) is 1.79. The Morgan fingerprint density at radius 2 is 1.93 bits per heavy atom. The van der Waals surface area contributed by atoms with Crippen molar-refractivity contribution in [2.45, 2.75) is 39.6 Å². The van der Waals surface area contributed by atoms with E-state index in [0.29, 0.717) is 6.42 Å². The molecule has 0 N–H and O–H groups in total. The van der Waals surface area contributed by atoms with Gasteiger partial charge in [-0.3, -0.25) is 4.79 Å². The molecule has 1 aliphatic rings. The number of hydrogen-bond acceptors (Lipinski definition) is 4. The summed E-state index contributed by atoms with van der Waals surface area (Å²) in [4.78, 5) is 11.5. The molecule has 0 aromatic heterocycles. The molecular formula is C11H20O4. The largest absolute Gasteiger partial charge is 0.469 e. The normalized spacial score (nSPS) is 31.7. The molecule has 0 bridgehead atoms. The second-order valence-electron chi connectivity index (χ2n) is 4.96. The number of esters is 1. The highest BCUT2D eigenvalue weighted by atomic mass is 16.7. The molecule has 0 aromatic rings. The van der Waals surface area contributed by atoms with Crippen LogP contribution in [0.2, 0.25) is 0 Å². The standard InChI is InChI=1S/C11H20O4/c1-11(2,3)8-6-7(9(12)13-4)10(14-5)15-8/h7-8,10H,6H2,1-5H3. The summed E-state index contributed by atoms with van der Waals surface area (Å²) < 4.78 is 15.6. The van der Waals surface area contributed by atoms with Crippen LogP contribution in [-0.2, 0) is 19.0 Å². The van der Waals surface area contributed by atoms with Gasteiger partial charge in [-0.05, 0) is 11.8 Å². The van der Waals surface area contributed by atoms with E-state index in [0.717, 1.165) is 0 Å². The van der Waals surface area contributed by atoms with E-state index < -0.39 is 6.29 Å². The third kappa shape index (κ3) is 2.69. The van der Waals surface area contributed by atoms with Crippen LogP contribution < -0.4 is 0 Å². The summed E-state index contributed by atoms with van der Waals surface area (Å²) in [5, 5.41) is 0. The molecule has 4 nitrogen and oxygen atoms in total. The van der Waals surface area contributed by atoms with Crippen molar-refractivity contribution in [2.24, 2.45) is 11.3 Å². The Labute approximate surface area is 90.9 Å². The van der Waals surface area contributed by atoms with Crippen molar-refractivity contribution in [3.8, 4) is 0 Å². The van der Waals surface area contributed by atoms with E-state index in [2.05, 4.69) is 20.8 Å². The van der Waals surface area contributed by atoms with Gasteiger partial charge in [-0.25, -0.2) is 0 Å². The van der Waals surface area contributed by atoms with Gasteiger partial charge in [0.15, 0.2) is 6.29 Å². The third-order valence-electron chi connectivity index (χ3n) is 2.80. The summed E-state index contributed by atoms with van der Waals surface area (Å²) >= 11 is 0. The molecule has 0 aromatic carbocycles. The zero-order valence-electron chi connectivity index (χ0n) is 10.1. The fourth-order valence-corrected chi connectivity index (χ4v) is 1.79. The minimum absolute atomic E-state index is 0.0134. The van der Waals surface area contributed by atoms with Gasteiger partial charge in [0.05, 0.1) is 13.2 Å². The topological polar surface area (TPSA) is 44.8 Å². The van der Waals surface area contributed by atoms with Crippen LogP contribution in [0, 0.1) is 11.3 Å². The van der Waals surface area contributed by atoms with E-state index in [1.54, 1.807) is 7.11 Å². The molecule has 0 radical (unpaired) electrons. The van der Waals surface area contributed by atoms with E-state index in [9.17, 15) is 4.79 Å². The lowest BCUT2D eigenvalue weighted by atomic mass is 9.85.